The number of hydrogen-bond acceptors (Lipinski definition) is 7. The van der Waals surface area contributed by atoms with Gasteiger partial charge in [-0.05, 0) is 93.0 Å². The Morgan fingerprint density at radius 1 is 0.689 bits per heavy atom. The summed E-state index contributed by atoms with van der Waals surface area (Å²) in [7, 11) is -11.5. The highest BCUT2D eigenvalue weighted by molar-refractivity contribution is 7.89. The molecular formula is C31H44N4O7S3. The van der Waals surface area contributed by atoms with Crippen LogP contribution in [0.3, 0.4) is 0 Å². The number of sulfonamides is 3. The molecule has 3 aliphatic rings. The standard InChI is InChI=1S/C31H44N4O7S3/c1-25-9-8-22-34(23-25)44(39,40)29-16-18-30(19-17-29)45(41,42)35(27-10-4-2-5-11-27)24-31(36)32-26-12-14-28(15-13-26)43(37,38)33-20-6-3-7-21-33/h12-19,25,27H,2-11,20-24H2,1H3,(H,32,36). The number of piperidine rings is 2. The van der Waals surface area contributed by atoms with Gasteiger partial charge in [0.05, 0.1) is 21.2 Å². The van der Waals surface area contributed by atoms with Crippen molar-refractivity contribution in [1.29, 1.82) is 0 Å². The molecule has 2 saturated heterocycles. The van der Waals surface area contributed by atoms with Gasteiger partial charge in [0.2, 0.25) is 36.0 Å². The van der Waals surface area contributed by atoms with Crippen LogP contribution in [0.4, 0.5) is 5.69 Å². The summed E-state index contributed by atoms with van der Waals surface area (Å²) in [4.78, 5) is 13.4. The molecule has 0 aromatic heterocycles. The van der Waals surface area contributed by atoms with Gasteiger partial charge in [-0.2, -0.15) is 12.9 Å². The van der Waals surface area contributed by atoms with Crippen LogP contribution < -0.4 is 5.32 Å². The van der Waals surface area contributed by atoms with E-state index in [1.54, 1.807) is 0 Å². The normalized spacial score (nSPS) is 21.5. The second-order valence-electron chi connectivity index (χ2n) is 12.5. The highest BCUT2D eigenvalue weighted by Gasteiger charge is 2.35. The molecule has 45 heavy (non-hydrogen) atoms. The minimum absolute atomic E-state index is 0.0447. The Labute approximate surface area is 268 Å². The van der Waals surface area contributed by atoms with Crippen LogP contribution in [-0.4, -0.2) is 82.8 Å². The lowest BCUT2D eigenvalue weighted by atomic mass is 9.95. The summed E-state index contributed by atoms with van der Waals surface area (Å²) in [5.74, 6) is -0.289. The fourth-order valence-corrected chi connectivity index (χ4v) is 11.3. The van der Waals surface area contributed by atoms with Crippen molar-refractivity contribution in [1.82, 2.24) is 12.9 Å². The molecular weight excluding hydrogens is 637 g/mol. The van der Waals surface area contributed by atoms with Gasteiger partial charge in [0, 0.05) is 37.9 Å². The highest BCUT2D eigenvalue weighted by atomic mass is 32.2. The van der Waals surface area contributed by atoms with Crippen LogP contribution in [-0.2, 0) is 34.9 Å². The smallest absolute Gasteiger partial charge is 0.243 e. The summed E-state index contributed by atoms with van der Waals surface area (Å²) < 4.78 is 84.5. The van der Waals surface area contributed by atoms with Crippen LogP contribution >= 0.6 is 0 Å². The third kappa shape index (κ3) is 7.79. The number of nitrogens with one attached hydrogen (secondary N) is 1. The number of nitrogens with zero attached hydrogens (tertiary/aromatic N) is 3. The molecule has 1 atom stereocenters. The molecule has 1 unspecified atom stereocenters. The molecule has 2 heterocycles. The molecule has 14 heteroatoms. The van der Waals surface area contributed by atoms with Gasteiger partial charge < -0.3 is 5.32 Å². The maximum Gasteiger partial charge on any atom is 0.243 e. The Balaban J connectivity index is 1.31. The zero-order valence-electron chi connectivity index (χ0n) is 25.8. The first-order valence-electron chi connectivity index (χ1n) is 15.9. The zero-order chi connectivity index (χ0) is 32.2. The van der Waals surface area contributed by atoms with E-state index in [4.69, 9.17) is 0 Å². The molecule has 0 radical (unpaired) electrons. The molecule has 5 rings (SSSR count). The average molecular weight is 681 g/mol. The second-order valence-corrected chi connectivity index (χ2v) is 18.2. The molecule has 2 aromatic rings. The van der Waals surface area contributed by atoms with Crippen LogP contribution in [0, 0.1) is 5.92 Å². The van der Waals surface area contributed by atoms with Crippen molar-refractivity contribution < 1.29 is 30.0 Å². The molecule has 11 nitrogen and oxygen atoms in total. The SMILES string of the molecule is CC1CCCN(S(=O)(=O)c2ccc(S(=O)(=O)N(CC(=O)Nc3ccc(S(=O)(=O)N4CCCCC4)cc3)C3CCCCC3)cc2)C1. The molecule has 1 N–H and O–H groups in total. The van der Waals surface area contributed by atoms with Gasteiger partial charge in [-0.3, -0.25) is 4.79 Å². The number of hydrogen-bond donors (Lipinski definition) is 1. The van der Waals surface area contributed by atoms with Gasteiger partial charge in [0.25, 0.3) is 0 Å². The average Bonchev–Trinajstić information content (AvgIpc) is 3.04. The van der Waals surface area contributed by atoms with E-state index < -0.39 is 42.5 Å². The van der Waals surface area contributed by atoms with Crippen LogP contribution in [0.25, 0.3) is 0 Å². The molecule has 1 saturated carbocycles. The van der Waals surface area contributed by atoms with E-state index >= 15 is 0 Å². The number of anilines is 1. The largest absolute Gasteiger partial charge is 0.325 e. The summed E-state index contributed by atoms with van der Waals surface area (Å²) >= 11 is 0. The van der Waals surface area contributed by atoms with Crippen molar-refractivity contribution in [3.05, 3.63) is 48.5 Å². The maximum atomic E-state index is 13.9. The lowest BCUT2D eigenvalue weighted by Gasteiger charge is -2.33. The van der Waals surface area contributed by atoms with E-state index in [0.717, 1.165) is 51.4 Å². The Hall–Kier alpha value is -2.36. The molecule has 3 fully saturated rings. The van der Waals surface area contributed by atoms with Crippen molar-refractivity contribution in [3.63, 3.8) is 0 Å². The minimum Gasteiger partial charge on any atom is -0.325 e. The van der Waals surface area contributed by atoms with Gasteiger partial charge in [-0.15, -0.1) is 0 Å². The lowest BCUT2D eigenvalue weighted by Crippen LogP contribution is -2.45. The topological polar surface area (TPSA) is 141 Å². The fraction of sp³-hybridized carbons (Fsp3) is 0.581. The van der Waals surface area contributed by atoms with Crippen molar-refractivity contribution in [2.45, 2.75) is 91.9 Å². The number of carbonyl (C=O) groups excluding carboxylic acids is 1. The third-order valence-electron chi connectivity index (χ3n) is 9.06. The molecule has 248 valence electrons. The summed E-state index contributed by atoms with van der Waals surface area (Å²) in [6, 6.07) is 10.8. The molecule has 0 bridgehead atoms. The van der Waals surface area contributed by atoms with Gasteiger partial charge >= 0.3 is 0 Å². The Kier molecular flexibility index (Phi) is 10.7. The monoisotopic (exact) mass is 680 g/mol. The van der Waals surface area contributed by atoms with Crippen molar-refractivity contribution in [2.75, 3.05) is 38.0 Å². The van der Waals surface area contributed by atoms with E-state index in [1.165, 1.54) is 61.4 Å². The van der Waals surface area contributed by atoms with E-state index in [9.17, 15) is 30.0 Å². The highest BCUT2D eigenvalue weighted by Crippen LogP contribution is 2.30. The molecule has 2 aromatic carbocycles. The molecule has 0 spiro atoms. The first kappa shape index (κ1) is 34.0. The summed E-state index contributed by atoms with van der Waals surface area (Å²) in [6.07, 6.45) is 8.34. The predicted molar refractivity (Wildman–Crippen MR) is 172 cm³/mol. The van der Waals surface area contributed by atoms with Crippen molar-refractivity contribution in [3.8, 4) is 0 Å². The summed E-state index contributed by atoms with van der Waals surface area (Å²) in [5, 5.41) is 2.72. The lowest BCUT2D eigenvalue weighted by molar-refractivity contribution is -0.116. The van der Waals surface area contributed by atoms with Gasteiger partial charge in [0.1, 0.15) is 0 Å². The Morgan fingerprint density at radius 3 is 1.80 bits per heavy atom. The van der Waals surface area contributed by atoms with Gasteiger partial charge in [-0.25, -0.2) is 25.3 Å². The fourth-order valence-electron chi connectivity index (χ4n) is 6.52. The van der Waals surface area contributed by atoms with Crippen molar-refractivity contribution >= 4 is 41.7 Å². The van der Waals surface area contributed by atoms with Gasteiger partial charge in [0.15, 0.2) is 0 Å². The Morgan fingerprint density at radius 2 is 1.20 bits per heavy atom. The van der Waals surface area contributed by atoms with E-state index in [-0.39, 0.29) is 26.6 Å². The molecule has 1 aliphatic carbocycles. The second kappa shape index (κ2) is 14.2. The molecule has 2 aliphatic heterocycles. The predicted octanol–water partition coefficient (Wildman–Crippen LogP) is 4.24. The first-order chi connectivity index (χ1) is 21.4. The Bertz CT molecular complexity index is 1650. The number of carbonyl (C=O) groups is 1. The maximum absolute atomic E-state index is 13.9. The summed E-state index contributed by atoms with van der Waals surface area (Å²) in [6.45, 7) is 3.44. The first-order valence-corrected chi connectivity index (χ1v) is 20.2. The van der Waals surface area contributed by atoms with E-state index in [2.05, 4.69) is 5.32 Å². The third-order valence-corrected chi connectivity index (χ3v) is 14.8. The van der Waals surface area contributed by atoms with E-state index in [1.807, 2.05) is 6.92 Å². The van der Waals surface area contributed by atoms with Crippen LogP contribution in [0.15, 0.2) is 63.2 Å². The molecule has 1 amide bonds. The van der Waals surface area contributed by atoms with Gasteiger partial charge in [-0.1, -0.05) is 32.6 Å². The minimum atomic E-state index is -4.14. The quantitative estimate of drug-likeness (QED) is 0.396. The number of benzene rings is 2. The van der Waals surface area contributed by atoms with Crippen LogP contribution in [0.1, 0.15) is 71.1 Å². The number of rotatable bonds is 10. The zero-order valence-corrected chi connectivity index (χ0v) is 28.3. The van der Waals surface area contributed by atoms with Crippen LogP contribution in [0.5, 0.6) is 0 Å². The van der Waals surface area contributed by atoms with E-state index in [0.29, 0.717) is 44.7 Å². The van der Waals surface area contributed by atoms with Crippen molar-refractivity contribution in [2.24, 2.45) is 5.92 Å². The number of amides is 1. The summed E-state index contributed by atoms with van der Waals surface area (Å²) in [5.41, 5.74) is 0.361. The van der Waals surface area contributed by atoms with Crippen LogP contribution in [0.2, 0.25) is 0 Å².